The van der Waals surface area contributed by atoms with Crippen molar-refractivity contribution in [2.75, 3.05) is 12.4 Å². The first-order valence-corrected chi connectivity index (χ1v) is 15.4. The molecule has 2 aromatic carbocycles. The molecule has 3 amide bonds. The molecule has 0 aliphatic heterocycles. The number of carbonyl (C=O) groups excluding carboxylic acids is 4. The number of ether oxygens (including phenoxy) is 3. The molecule has 0 saturated heterocycles. The number of nitrogens with zero attached hydrogens (tertiary/aromatic N) is 2. The number of hydrogen-bond donors (Lipinski definition) is 3. The summed E-state index contributed by atoms with van der Waals surface area (Å²) in [4.78, 5) is 59.5. The topological polar surface area (TPSA) is 187 Å². The Morgan fingerprint density at radius 3 is 2.31 bits per heavy atom. The summed E-state index contributed by atoms with van der Waals surface area (Å²) < 4.78 is 60.1. The fraction of sp³-hybridized carbons (Fsp3) is 0.286. The summed E-state index contributed by atoms with van der Waals surface area (Å²) in [6.45, 7) is 4.39. The second-order valence-electron chi connectivity index (χ2n) is 11.9. The number of methoxy groups -OCH3 is 1. The van der Waals surface area contributed by atoms with Gasteiger partial charge in [-0.3, -0.25) is 14.4 Å². The Hall–Kier alpha value is -6.06. The van der Waals surface area contributed by atoms with Gasteiger partial charge in [0, 0.05) is 35.7 Å². The number of rotatable bonds is 11. The molecule has 0 aliphatic carbocycles. The van der Waals surface area contributed by atoms with Gasteiger partial charge in [-0.25, -0.2) is 27.3 Å². The number of unbranched alkanes of at least 4 members (excludes halogenated alkanes) is 1. The quantitative estimate of drug-likeness (QED) is 0.134. The average molecular weight is 714 g/mol. The van der Waals surface area contributed by atoms with Crippen LogP contribution in [-0.4, -0.2) is 45.8 Å². The molecule has 51 heavy (non-hydrogen) atoms. The standard InChI is InChI=1S/C33H33F3N4O6.C2H5NO2/c1-33(2,3)46-32(44)40-24(18-39-13-7-8-26(31(39)43)38-29(42)10-6-4-5-9-28(37)41)15-21-14-23(35)17-27(30(21)40)45-19-20-11-12-22(34)16-25(20)36;1-5-2(3)4/h5,7-9,11-17H,4,6,10,18-19H2,1-3H3,(H2,37,41)(H,38,42);1H3,(H2,3,4)/b9-5+;. The lowest BCUT2D eigenvalue weighted by Gasteiger charge is -2.21. The lowest BCUT2D eigenvalue weighted by molar-refractivity contribution is -0.116. The Labute approximate surface area is 290 Å². The summed E-state index contributed by atoms with van der Waals surface area (Å²) in [5.74, 6) is -3.46. The van der Waals surface area contributed by atoms with E-state index in [0.29, 0.717) is 18.9 Å². The zero-order valence-corrected chi connectivity index (χ0v) is 28.3. The van der Waals surface area contributed by atoms with Crippen molar-refractivity contribution in [3.8, 4) is 5.75 Å². The first kappa shape index (κ1) is 39.4. The van der Waals surface area contributed by atoms with Crippen LogP contribution < -0.4 is 27.1 Å². The van der Waals surface area contributed by atoms with Crippen LogP contribution in [0, 0.1) is 17.5 Å². The van der Waals surface area contributed by atoms with E-state index in [4.69, 9.17) is 15.2 Å². The van der Waals surface area contributed by atoms with E-state index < -0.39 is 59.2 Å². The van der Waals surface area contributed by atoms with Gasteiger partial charge in [0.25, 0.3) is 5.56 Å². The molecule has 4 rings (SSSR count). The molecule has 16 heteroatoms. The predicted octanol–water partition coefficient (Wildman–Crippen LogP) is 5.49. The van der Waals surface area contributed by atoms with Crippen molar-refractivity contribution < 1.29 is 46.6 Å². The van der Waals surface area contributed by atoms with E-state index >= 15 is 0 Å². The van der Waals surface area contributed by atoms with Crippen molar-refractivity contribution in [1.29, 1.82) is 0 Å². The third-order valence-electron chi connectivity index (χ3n) is 6.76. The van der Waals surface area contributed by atoms with E-state index in [1.54, 1.807) is 32.9 Å². The van der Waals surface area contributed by atoms with Crippen LogP contribution >= 0.6 is 0 Å². The van der Waals surface area contributed by atoms with Crippen molar-refractivity contribution in [2.45, 2.75) is 58.8 Å². The highest BCUT2D eigenvalue weighted by atomic mass is 19.1. The van der Waals surface area contributed by atoms with E-state index in [9.17, 15) is 37.1 Å². The third-order valence-corrected chi connectivity index (χ3v) is 6.76. The van der Waals surface area contributed by atoms with Gasteiger partial charge >= 0.3 is 12.2 Å². The van der Waals surface area contributed by atoms with Gasteiger partial charge in [-0.1, -0.05) is 6.08 Å². The Kier molecular flexibility index (Phi) is 13.6. The van der Waals surface area contributed by atoms with Crippen molar-refractivity contribution >= 4 is 40.6 Å². The number of aromatic nitrogens is 2. The maximum atomic E-state index is 14.8. The number of nitrogens with two attached hydrogens (primary N) is 2. The van der Waals surface area contributed by atoms with E-state index in [-0.39, 0.29) is 46.6 Å². The normalized spacial score (nSPS) is 11.1. The van der Waals surface area contributed by atoms with Gasteiger partial charge in [-0.2, -0.15) is 0 Å². The summed E-state index contributed by atoms with van der Waals surface area (Å²) in [6, 6.07) is 9.61. The van der Waals surface area contributed by atoms with Crippen LogP contribution in [0.1, 0.15) is 51.3 Å². The first-order chi connectivity index (χ1) is 24.0. The van der Waals surface area contributed by atoms with Crippen LogP contribution in [-0.2, 0) is 32.2 Å². The minimum absolute atomic E-state index is 0.00180. The largest absolute Gasteiger partial charge is 0.486 e. The molecule has 13 nitrogen and oxygen atoms in total. The SMILES string of the molecule is CC(C)(C)OC(=O)n1c(Cn2cccc(NC(=O)CCC/C=C/C(N)=O)c2=O)cc2cc(F)cc(OCc3ccc(F)cc3F)c21.COC(N)=O. The molecule has 272 valence electrons. The van der Waals surface area contributed by atoms with E-state index in [1.807, 2.05) is 0 Å². The minimum atomic E-state index is -0.931. The Balaban J connectivity index is 0.00000131. The van der Waals surface area contributed by atoms with Crippen LogP contribution in [0.2, 0.25) is 0 Å². The lowest BCUT2D eigenvalue weighted by Crippen LogP contribution is -2.30. The summed E-state index contributed by atoms with van der Waals surface area (Å²) in [6.07, 6.45) is 3.57. The number of pyridine rings is 1. The Morgan fingerprint density at radius 2 is 1.69 bits per heavy atom. The fourth-order valence-electron chi connectivity index (χ4n) is 4.59. The van der Waals surface area contributed by atoms with Crippen molar-refractivity contribution in [2.24, 2.45) is 11.5 Å². The number of fused-ring (bicyclic) bond motifs is 1. The lowest BCUT2D eigenvalue weighted by atomic mass is 10.2. The van der Waals surface area contributed by atoms with E-state index in [2.05, 4.69) is 15.8 Å². The number of amides is 3. The molecule has 0 unspecified atom stereocenters. The monoisotopic (exact) mass is 713 g/mol. The number of hydrogen-bond acceptors (Lipinski definition) is 8. The molecule has 4 aromatic rings. The van der Waals surface area contributed by atoms with Crippen molar-refractivity contribution in [3.05, 3.63) is 106 Å². The molecule has 0 atom stereocenters. The third kappa shape index (κ3) is 11.8. The molecule has 2 aromatic heterocycles. The van der Waals surface area contributed by atoms with Gasteiger partial charge in [0.15, 0.2) is 0 Å². The number of nitrogens with one attached hydrogen (secondary N) is 1. The van der Waals surface area contributed by atoms with E-state index in [1.165, 1.54) is 48.2 Å². The van der Waals surface area contributed by atoms with Crippen LogP contribution in [0.3, 0.4) is 0 Å². The Bertz CT molecular complexity index is 2000. The second kappa shape index (κ2) is 17.6. The second-order valence-corrected chi connectivity index (χ2v) is 11.9. The molecule has 5 N–H and O–H groups in total. The molecule has 0 fully saturated rings. The number of primary amides is 2. The summed E-state index contributed by atoms with van der Waals surface area (Å²) in [5.41, 5.74) is 8.30. The minimum Gasteiger partial charge on any atom is -0.486 e. The molecule has 0 aliphatic rings. The van der Waals surface area contributed by atoms with Crippen LogP contribution in [0.15, 0.2) is 71.7 Å². The highest BCUT2D eigenvalue weighted by Crippen LogP contribution is 2.32. The molecular formula is C35H38F3N5O8. The van der Waals surface area contributed by atoms with Gasteiger partial charge in [0.05, 0.1) is 19.3 Å². The predicted molar refractivity (Wildman–Crippen MR) is 181 cm³/mol. The number of carbonyl (C=O) groups is 4. The van der Waals surface area contributed by atoms with Crippen LogP contribution in [0.4, 0.5) is 28.4 Å². The molecule has 2 heterocycles. The molecule has 0 bridgehead atoms. The van der Waals surface area contributed by atoms with Gasteiger partial charge in [-0.15, -0.1) is 0 Å². The fourth-order valence-corrected chi connectivity index (χ4v) is 4.59. The highest BCUT2D eigenvalue weighted by Gasteiger charge is 2.25. The van der Waals surface area contributed by atoms with E-state index in [0.717, 1.165) is 16.7 Å². The molecular weight excluding hydrogens is 675 g/mol. The molecule has 0 saturated carbocycles. The van der Waals surface area contributed by atoms with Crippen molar-refractivity contribution in [1.82, 2.24) is 9.13 Å². The molecule has 0 spiro atoms. The highest BCUT2D eigenvalue weighted by molar-refractivity contribution is 5.95. The van der Waals surface area contributed by atoms with Crippen molar-refractivity contribution in [3.63, 3.8) is 0 Å². The zero-order chi connectivity index (χ0) is 37.9. The number of benzene rings is 2. The smallest absolute Gasteiger partial charge is 0.419 e. The number of allylic oxidation sites excluding steroid dienone is 1. The first-order valence-electron chi connectivity index (χ1n) is 15.4. The molecule has 0 radical (unpaired) electrons. The van der Waals surface area contributed by atoms with Gasteiger partial charge in [0.2, 0.25) is 11.8 Å². The zero-order valence-electron chi connectivity index (χ0n) is 28.3. The number of anilines is 1. The average Bonchev–Trinajstić information content (AvgIpc) is 3.39. The van der Waals surface area contributed by atoms with Crippen LogP contribution in [0.25, 0.3) is 10.9 Å². The summed E-state index contributed by atoms with van der Waals surface area (Å²) >= 11 is 0. The van der Waals surface area contributed by atoms with Crippen LogP contribution in [0.5, 0.6) is 5.75 Å². The maximum absolute atomic E-state index is 14.8. The Morgan fingerprint density at radius 1 is 0.980 bits per heavy atom. The maximum Gasteiger partial charge on any atom is 0.419 e. The van der Waals surface area contributed by atoms with Gasteiger partial charge in [-0.05, 0) is 76.1 Å². The summed E-state index contributed by atoms with van der Waals surface area (Å²) in [7, 11) is 1.22. The number of halogens is 3. The van der Waals surface area contributed by atoms with Gasteiger partial charge < -0.3 is 35.6 Å². The van der Waals surface area contributed by atoms with Gasteiger partial charge in [0.1, 0.15) is 46.6 Å². The summed E-state index contributed by atoms with van der Waals surface area (Å²) in [5, 5.41) is 2.81.